The van der Waals surface area contributed by atoms with Crippen molar-refractivity contribution in [2.45, 2.75) is 37.5 Å². The standard InChI is InChI=1S/C13H16O4/c14-9-4-5-11(15)10(8-9)13(12(16)17)6-2-1-3-7-13/h4-5,8,14-15H,1-3,6-7H2,(H,16,17). The van der Waals surface area contributed by atoms with E-state index in [4.69, 9.17) is 0 Å². The van der Waals surface area contributed by atoms with Crippen LogP contribution in [0.4, 0.5) is 0 Å². The van der Waals surface area contributed by atoms with E-state index in [1.54, 1.807) is 0 Å². The fourth-order valence-electron chi connectivity index (χ4n) is 2.66. The van der Waals surface area contributed by atoms with Gasteiger partial charge < -0.3 is 15.3 Å². The summed E-state index contributed by atoms with van der Waals surface area (Å²) in [6, 6.07) is 4.08. The Morgan fingerprint density at radius 3 is 2.35 bits per heavy atom. The van der Waals surface area contributed by atoms with Crippen molar-refractivity contribution in [2.24, 2.45) is 0 Å². The van der Waals surface area contributed by atoms with Crippen LogP contribution in [0.2, 0.25) is 0 Å². The average molecular weight is 236 g/mol. The van der Waals surface area contributed by atoms with E-state index in [0.717, 1.165) is 19.3 Å². The minimum atomic E-state index is -1.04. The molecule has 0 radical (unpaired) electrons. The molecule has 1 aliphatic rings. The van der Waals surface area contributed by atoms with Gasteiger partial charge in [-0.2, -0.15) is 0 Å². The summed E-state index contributed by atoms with van der Waals surface area (Å²) >= 11 is 0. The van der Waals surface area contributed by atoms with Gasteiger partial charge in [-0.3, -0.25) is 4.79 Å². The van der Waals surface area contributed by atoms with Gasteiger partial charge in [0.1, 0.15) is 11.5 Å². The van der Waals surface area contributed by atoms with Crippen LogP contribution in [0.15, 0.2) is 18.2 Å². The van der Waals surface area contributed by atoms with Crippen LogP contribution in [0, 0.1) is 0 Å². The van der Waals surface area contributed by atoms with Crippen molar-refractivity contribution in [1.82, 2.24) is 0 Å². The second-order valence-corrected chi connectivity index (χ2v) is 4.65. The minimum absolute atomic E-state index is 0.0102. The predicted molar refractivity (Wildman–Crippen MR) is 62.2 cm³/mol. The first-order chi connectivity index (χ1) is 8.06. The number of carboxylic acids is 1. The summed E-state index contributed by atoms with van der Waals surface area (Å²) in [6.45, 7) is 0. The van der Waals surface area contributed by atoms with Crippen LogP contribution in [-0.2, 0) is 10.2 Å². The maximum atomic E-state index is 11.5. The van der Waals surface area contributed by atoms with Crippen molar-refractivity contribution in [3.8, 4) is 11.5 Å². The summed E-state index contributed by atoms with van der Waals surface area (Å²) in [5, 5.41) is 28.8. The Morgan fingerprint density at radius 2 is 1.76 bits per heavy atom. The zero-order valence-electron chi connectivity index (χ0n) is 9.52. The molecule has 1 aromatic carbocycles. The topological polar surface area (TPSA) is 77.8 Å². The van der Waals surface area contributed by atoms with Gasteiger partial charge in [-0.25, -0.2) is 0 Å². The lowest BCUT2D eigenvalue weighted by Crippen LogP contribution is -2.37. The van der Waals surface area contributed by atoms with E-state index in [0.29, 0.717) is 18.4 Å². The van der Waals surface area contributed by atoms with E-state index >= 15 is 0 Å². The molecule has 0 atom stereocenters. The number of phenols is 2. The van der Waals surface area contributed by atoms with Gasteiger partial charge in [-0.1, -0.05) is 19.3 Å². The Kier molecular flexibility index (Phi) is 2.96. The highest BCUT2D eigenvalue weighted by Crippen LogP contribution is 2.44. The highest BCUT2D eigenvalue weighted by atomic mass is 16.4. The van der Waals surface area contributed by atoms with Crippen LogP contribution in [0.1, 0.15) is 37.7 Å². The van der Waals surface area contributed by atoms with Gasteiger partial charge in [0.15, 0.2) is 0 Å². The first-order valence-electron chi connectivity index (χ1n) is 5.82. The van der Waals surface area contributed by atoms with Crippen molar-refractivity contribution in [3.05, 3.63) is 23.8 Å². The fraction of sp³-hybridized carbons (Fsp3) is 0.462. The maximum Gasteiger partial charge on any atom is 0.314 e. The molecule has 0 bridgehead atoms. The molecule has 17 heavy (non-hydrogen) atoms. The van der Waals surface area contributed by atoms with E-state index in [2.05, 4.69) is 0 Å². The third-order valence-corrected chi connectivity index (χ3v) is 3.61. The molecule has 0 aliphatic heterocycles. The lowest BCUT2D eigenvalue weighted by Gasteiger charge is -2.34. The van der Waals surface area contributed by atoms with Gasteiger partial charge in [-0.05, 0) is 31.0 Å². The van der Waals surface area contributed by atoms with Crippen LogP contribution in [0.3, 0.4) is 0 Å². The maximum absolute atomic E-state index is 11.5. The van der Waals surface area contributed by atoms with Gasteiger partial charge in [0, 0.05) is 5.56 Å². The van der Waals surface area contributed by atoms with E-state index < -0.39 is 11.4 Å². The monoisotopic (exact) mass is 236 g/mol. The number of benzene rings is 1. The number of carboxylic acid groups (broad SMARTS) is 1. The first-order valence-corrected chi connectivity index (χ1v) is 5.82. The summed E-state index contributed by atoms with van der Waals surface area (Å²) in [4.78, 5) is 11.5. The van der Waals surface area contributed by atoms with Gasteiger partial charge in [0.25, 0.3) is 0 Å². The van der Waals surface area contributed by atoms with Crippen molar-refractivity contribution >= 4 is 5.97 Å². The molecule has 0 heterocycles. The van der Waals surface area contributed by atoms with E-state index in [1.165, 1.54) is 18.2 Å². The van der Waals surface area contributed by atoms with Crippen LogP contribution in [0.5, 0.6) is 11.5 Å². The van der Waals surface area contributed by atoms with Crippen molar-refractivity contribution in [3.63, 3.8) is 0 Å². The van der Waals surface area contributed by atoms with Gasteiger partial charge >= 0.3 is 5.97 Å². The molecule has 1 aliphatic carbocycles. The molecule has 0 spiro atoms. The molecular formula is C13H16O4. The van der Waals surface area contributed by atoms with E-state index in [-0.39, 0.29) is 11.5 Å². The third kappa shape index (κ3) is 1.95. The van der Waals surface area contributed by atoms with E-state index in [9.17, 15) is 20.1 Å². The molecule has 0 aromatic heterocycles. The zero-order valence-corrected chi connectivity index (χ0v) is 9.52. The molecule has 4 nitrogen and oxygen atoms in total. The Balaban J connectivity index is 2.52. The number of phenolic OH excluding ortho intramolecular Hbond substituents is 2. The SMILES string of the molecule is O=C(O)C1(c2cc(O)ccc2O)CCCCC1. The second kappa shape index (κ2) is 4.28. The van der Waals surface area contributed by atoms with Crippen molar-refractivity contribution in [1.29, 1.82) is 0 Å². The number of aliphatic carboxylic acids is 1. The predicted octanol–water partition coefficient (Wildman–Crippen LogP) is 2.38. The summed E-state index contributed by atoms with van der Waals surface area (Å²) in [5.41, 5.74) is -0.703. The van der Waals surface area contributed by atoms with Crippen LogP contribution in [-0.4, -0.2) is 21.3 Å². The summed E-state index contributed by atoms with van der Waals surface area (Å²) in [6.07, 6.45) is 3.72. The lowest BCUT2D eigenvalue weighted by molar-refractivity contribution is -0.145. The summed E-state index contributed by atoms with van der Waals surface area (Å²) in [5.74, 6) is -0.978. The van der Waals surface area contributed by atoms with Gasteiger partial charge in [0.05, 0.1) is 5.41 Å². The highest BCUT2D eigenvalue weighted by molar-refractivity contribution is 5.82. The number of aromatic hydroxyl groups is 2. The summed E-state index contributed by atoms with van der Waals surface area (Å²) < 4.78 is 0. The van der Waals surface area contributed by atoms with Crippen LogP contribution < -0.4 is 0 Å². The number of carbonyl (C=O) groups is 1. The number of hydrogen-bond acceptors (Lipinski definition) is 3. The van der Waals surface area contributed by atoms with Gasteiger partial charge in [-0.15, -0.1) is 0 Å². The highest BCUT2D eigenvalue weighted by Gasteiger charge is 2.43. The smallest absolute Gasteiger partial charge is 0.314 e. The molecular weight excluding hydrogens is 220 g/mol. The Bertz CT molecular complexity index is 433. The van der Waals surface area contributed by atoms with Crippen LogP contribution >= 0.6 is 0 Å². The molecule has 2 rings (SSSR count). The molecule has 3 N–H and O–H groups in total. The molecule has 0 saturated heterocycles. The Labute approximate surface area is 99.5 Å². The zero-order chi connectivity index (χ0) is 12.5. The molecule has 1 saturated carbocycles. The quantitative estimate of drug-likeness (QED) is 0.689. The van der Waals surface area contributed by atoms with E-state index in [1.807, 2.05) is 0 Å². The third-order valence-electron chi connectivity index (χ3n) is 3.61. The molecule has 0 amide bonds. The minimum Gasteiger partial charge on any atom is -0.508 e. The van der Waals surface area contributed by atoms with Crippen molar-refractivity contribution in [2.75, 3.05) is 0 Å². The molecule has 0 unspecified atom stereocenters. The van der Waals surface area contributed by atoms with Gasteiger partial charge in [0.2, 0.25) is 0 Å². The fourth-order valence-corrected chi connectivity index (χ4v) is 2.66. The first kappa shape index (κ1) is 11.8. The Morgan fingerprint density at radius 1 is 1.12 bits per heavy atom. The summed E-state index contributed by atoms with van der Waals surface area (Å²) in [7, 11) is 0. The Hall–Kier alpha value is -1.71. The average Bonchev–Trinajstić information content (AvgIpc) is 2.33. The largest absolute Gasteiger partial charge is 0.508 e. The molecule has 1 fully saturated rings. The molecule has 92 valence electrons. The van der Waals surface area contributed by atoms with Crippen LogP contribution in [0.25, 0.3) is 0 Å². The second-order valence-electron chi connectivity index (χ2n) is 4.65. The van der Waals surface area contributed by atoms with Crippen molar-refractivity contribution < 1.29 is 20.1 Å². The lowest BCUT2D eigenvalue weighted by atomic mass is 9.69. The number of rotatable bonds is 2. The molecule has 4 heteroatoms. The normalized spacial score (nSPS) is 18.8. The number of hydrogen-bond donors (Lipinski definition) is 3. The molecule has 1 aromatic rings.